The molecule has 0 bridgehead atoms. The molecular formula is C31H36ClN5O5. The van der Waals surface area contributed by atoms with E-state index >= 15 is 0 Å². The third-order valence-electron chi connectivity index (χ3n) is 8.61. The number of aromatic nitrogens is 3. The first-order valence-corrected chi connectivity index (χ1v) is 14.7. The van der Waals surface area contributed by atoms with E-state index in [1.54, 1.807) is 9.42 Å². The minimum absolute atomic E-state index is 0.0998. The highest BCUT2D eigenvalue weighted by Gasteiger charge is 2.72. The maximum absolute atomic E-state index is 12.9. The number of fused-ring (bicyclic) bond motifs is 2. The predicted octanol–water partition coefficient (Wildman–Crippen LogP) is 4.68. The van der Waals surface area contributed by atoms with Gasteiger partial charge in [-0.1, -0.05) is 25.4 Å². The van der Waals surface area contributed by atoms with Gasteiger partial charge in [0.15, 0.2) is 0 Å². The Balaban J connectivity index is 1.28. The first-order valence-electron chi connectivity index (χ1n) is 14.3. The number of hydrogen-bond donors (Lipinski definition) is 0. The lowest BCUT2D eigenvalue weighted by Gasteiger charge is -2.34. The van der Waals surface area contributed by atoms with Crippen molar-refractivity contribution in [2.75, 3.05) is 19.7 Å². The zero-order chi connectivity index (χ0) is 30.1. The van der Waals surface area contributed by atoms with Crippen LogP contribution in [0.4, 0.5) is 4.79 Å². The molecule has 1 aromatic carbocycles. The second-order valence-electron chi connectivity index (χ2n) is 13.2. The van der Waals surface area contributed by atoms with Gasteiger partial charge in [0.2, 0.25) is 11.8 Å². The zero-order valence-corrected chi connectivity index (χ0v) is 25.6. The van der Waals surface area contributed by atoms with Crippen LogP contribution in [0.3, 0.4) is 0 Å². The Morgan fingerprint density at radius 1 is 1.17 bits per heavy atom. The largest absolute Gasteiger partial charge is 0.444 e. The van der Waals surface area contributed by atoms with E-state index in [0.717, 1.165) is 27.8 Å². The summed E-state index contributed by atoms with van der Waals surface area (Å²) in [4.78, 5) is 46.3. The molecule has 0 N–H and O–H groups in total. The summed E-state index contributed by atoms with van der Waals surface area (Å²) in [5, 5.41) is 4.97. The Morgan fingerprint density at radius 3 is 2.57 bits per heavy atom. The highest BCUT2D eigenvalue weighted by Crippen LogP contribution is 2.63. The Labute approximate surface area is 249 Å². The number of hydrogen-bond acceptors (Lipinski definition) is 7. The van der Waals surface area contributed by atoms with Crippen LogP contribution in [0.5, 0.6) is 0 Å². The fraction of sp³-hybridized carbons (Fsp3) is 0.516. The first-order chi connectivity index (χ1) is 19.7. The molecule has 2 aliphatic heterocycles. The predicted molar refractivity (Wildman–Crippen MR) is 156 cm³/mol. The smallest absolute Gasteiger partial charge is 0.410 e. The second-order valence-corrected chi connectivity index (χ2v) is 13.6. The number of benzene rings is 1. The van der Waals surface area contributed by atoms with Gasteiger partial charge in [0.25, 0.3) is 0 Å². The highest BCUT2D eigenvalue weighted by atomic mass is 35.5. The number of likely N-dealkylation sites (tertiary alicyclic amines) is 1. The molecule has 0 radical (unpaired) electrons. The molecule has 4 heterocycles. The van der Waals surface area contributed by atoms with Crippen molar-refractivity contribution in [3.8, 4) is 11.3 Å². The van der Waals surface area contributed by atoms with E-state index in [-0.39, 0.29) is 47.8 Å². The number of aryl methyl sites for hydroxylation is 1. The first kappa shape index (κ1) is 28.6. The van der Waals surface area contributed by atoms with Crippen LogP contribution in [0.2, 0.25) is 5.02 Å². The molecule has 222 valence electrons. The molecule has 3 aliphatic rings. The van der Waals surface area contributed by atoms with Crippen molar-refractivity contribution in [1.82, 2.24) is 24.4 Å². The maximum Gasteiger partial charge on any atom is 0.410 e. The van der Waals surface area contributed by atoms with Gasteiger partial charge in [0, 0.05) is 29.7 Å². The lowest BCUT2D eigenvalue weighted by Crippen LogP contribution is -2.48. The summed E-state index contributed by atoms with van der Waals surface area (Å²) < 4.78 is 13.4. The average Bonchev–Trinajstić information content (AvgIpc) is 3.14. The number of ether oxygens (including phenoxy) is 2. The molecule has 3 fully saturated rings. The molecule has 10 nitrogen and oxygen atoms in total. The normalized spacial score (nSPS) is 23.5. The van der Waals surface area contributed by atoms with Crippen molar-refractivity contribution in [3.05, 3.63) is 52.4 Å². The van der Waals surface area contributed by atoms with Crippen molar-refractivity contribution >= 4 is 35.0 Å². The molecule has 6 rings (SSSR count). The van der Waals surface area contributed by atoms with Crippen LogP contribution in [0.1, 0.15) is 51.3 Å². The van der Waals surface area contributed by atoms with E-state index < -0.39 is 5.60 Å². The van der Waals surface area contributed by atoms with Crippen LogP contribution >= 0.6 is 11.6 Å². The molecule has 1 saturated carbocycles. The summed E-state index contributed by atoms with van der Waals surface area (Å²) in [7, 11) is 0. The van der Waals surface area contributed by atoms with Crippen LogP contribution < -0.4 is 0 Å². The van der Waals surface area contributed by atoms with Crippen LogP contribution in [-0.4, -0.2) is 73.7 Å². The molecular weight excluding hydrogens is 558 g/mol. The number of carbonyl (C=O) groups is 3. The van der Waals surface area contributed by atoms with Crippen LogP contribution in [-0.2, 0) is 32.0 Å². The number of halogens is 1. The number of rotatable bonds is 5. The van der Waals surface area contributed by atoms with Crippen molar-refractivity contribution in [1.29, 1.82) is 0 Å². The Bertz CT molecular complexity index is 1580. The number of morpholine rings is 1. The molecule has 42 heavy (non-hydrogen) atoms. The van der Waals surface area contributed by atoms with E-state index in [2.05, 4.69) is 10.1 Å². The number of carbonyl (C=O) groups excluding carboxylic acids is 3. The Kier molecular flexibility index (Phi) is 6.85. The lowest BCUT2D eigenvalue weighted by molar-refractivity contribution is -0.143. The summed E-state index contributed by atoms with van der Waals surface area (Å²) in [6, 6.07) is 5.72. The summed E-state index contributed by atoms with van der Waals surface area (Å²) in [5.74, 6) is -0.639. The molecule has 3 atom stereocenters. The van der Waals surface area contributed by atoms with Crippen molar-refractivity contribution in [2.45, 2.75) is 66.2 Å². The molecule has 2 unspecified atom stereocenters. The van der Waals surface area contributed by atoms with Gasteiger partial charge in [-0.3, -0.25) is 14.5 Å². The van der Waals surface area contributed by atoms with Gasteiger partial charge in [-0.15, -0.1) is 0 Å². The fourth-order valence-electron chi connectivity index (χ4n) is 6.44. The molecule has 2 aromatic heterocycles. The van der Waals surface area contributed by atoms with Gasteiger partial charge in [-0.05, 0) is 68.0 Å². The van der Waals surface area contributed by atoms with Crippen molar-refractivity contribution < 1.29 is 23.9 Å². The number of piperidine rings is 1. The minimum Gasteiger partial charge on any atom is -0.444 e. The van der Waals surface area contributed by atoms with Gasteiger partial charge in [0.05, 0.1) is 48.8 Å². The van der Waals surface area contributed by atoms with Crippen LogP contribution in [0.25, 0.3) is 16.8 Å². The van der Waals surface area contributed by atoms with E-state index in [1.165, 1.54) is 11.2 Å². The fourth-order valence-corrected chi connectivity index (χ4v) is 6.71. The van der Waals surface area contributed by atoms with Crippen LogP contribution in [0.15, 0.2) is 30.7 Å². The Morgan fingerprint density at radius 2 is 1.88 bits per heavy atom. The minimum atomic E-state index is -0.578. The topological polar surface area (TPSA) is 106 Å². The molecule has 0 spiro atoms. The number of imide groups is 1. The van der Waals surface area contributed by atoms with Gasteiger partial charge in [-0.25, -0.2) is 14.3 Å². The maximum atomic E-state index is 12.9. The third-order valence-corrected chi connectivity index (χ3v) is 8.83. The average molecular weight is 594 g/mol. The van der Waals surface area contributed by atoms with Gasteiger partial charge >= 0.3 is 6.09 Å². The Hall–Kier alpha value is -3.50. The number of nitrogens with zero attached hydrogens (tertiary/aromatic N) is 5. The molecule has 2 saturated heterocycles. The molecule has 11 heteroatoms. The van der Waals surface area contributed by atoms with E-state index in [9.17, 15) is 14.4 Å². The van der Waals surface area contributed by atoms with Crippen LogP contribution in [0, 0.1) is 24.2 Å². The number of amides is 3. The lowest BCUT2D eigenvalue weighted by atomic mass is 9.93. The summed E-state index contributed by atoms with van der Waals surface area (Å²) in [6.45, 7) is 13.0. The monoisotopic (exact) mass is 593 g/mol. The summed E-state index contributed by atoms with van der Waals surface area (Å²) in [6.07, 6.45) is 3.26. The van der Waals surface area contributed by atoms with Crippen molar-refractivity contribution in [3.63, 3.8) is 0 Å². The third kappa shape index (κ3) is 5.04. The SMILES string of the molecule is Cc1cc(Cl)cc(-c2ncnn3cc(CN4C(=O)C5C(C4=O)C5(C)C)cc23)c1C[C@@H]1CN(C(=O)OC(C)(C)C)CCO1. The van der Waals surface area contributed by atoms with Gasteiger partial charge in [0.1, 0.15) is 11.9 Å². The highest BCUT2D eigenvalue weighted by molar-refractivity contribution is 6.31. The van der Waals surface area contributed by atoms with E-state index in [1.807, 2.05) is 65.9 Å². The van der Waals surface area contributed by atoms with E-state index in [4.69, 9.17) is 21.1 Å². The summed E-state index contributed by atoms with van der Waals surface area (Å²) >= 11 is 6.55. The van der Waals surface area contributed by atoms with Crippen molar-refractivity contribution in [2.24, 2.45) is 17.3 Å². The molecule has 1 aliphatic carbocycles. The second kappa shape index (κ2) is 10.1. The summed E-state index contributed by atoms with van der Waals surface area (Å²) in [5.41, 5.74) is 4.21. The van der Waals surface area contributed by atoms with Gasteiger partial charge < -0.3 is 14.4 Å². The standard InChI is InChI=1S/C31H36ClN5O5/c1-17-9-19(32)11-22(21(17)12-20-15-35(7-8-41-20)29(40)42-30(2,3)4)26-23-10-18(14-37(23)34-16-33-26)13-36-27(38)24-25(28(36)39)31(24,5)6/h9-11,14,16,20,24-25H,7-8,12-13,15H2,1-6H3/t20-,24?,25?/m1/s1. The quantitative estimate of drug-likeness (QED) is 0.396. The zero-order valence-electron chi connectivity index (χ0n) is 24.8. The van der Waals surface area contributed by atoms with Gasteiger partial charge in [-0.2, -0.15) is 5.10 Å². The molecule has 3 aromatic rings. The molecule has 3 amide bonds. The van der Waals surface area contributed by atoms with E-state index in [0.29, 0.717) is 36.8 Å².